The van der Waals surface area contributed by atoms with Crippen LogP contribution in [0.15, 0.2) is 23.1 Å². The number of rotatable bonds is 8. The molecule has 0 heterocycles. The van der Waals surface area contributed by atoms with Crippen LogP contribution < -0.4 is 5.32 Å². The topological polar surface area (TPSA) is 81.7 Å². The van der Waals surface area contributed by atoms with Crippen LogP contribution in [0.5, 0.6) is 0 Å². The van der Waals surface area contributed by atoms with Crippen molar-refractivity contribution >= 4 is 25.6 Å². The Bertz CT molecular complexity index is 588. The predicted octanol–water partition coefficient (Wildman–Crippen LogP) is 1.53. The zero-order valence-corrected chi connectivity index (χ0v) is 13.5. The minimum absolute atomic E-state index is 0.124. The molecule has 0 aliphatic heterocycles. The van der Waals surface area contributed by atoms with Crippen LogP contribution in [0.2, 0.25) is 0 Å². The molecule has 1 aromatic rings. The van der Waals surface area contributed by atoms with E-state index in [-0.39, 0.29) is 23.0 Å². The van der Waals surface area contributed by atoms with E-state index in [4.69, 9.17) is 20.2 Å². The Balaban J connectivity index is 2.94. The molecule has 118 valence electrons. The summed E-state index contributed by atoms with van der Waals surface area (Å²) >= 11 is 0. The maximum absolute atomic E-state index is 12.0. The van der Waals surface area contributed by atoms with E-state index in [0.717, 1.165) is 0 Å². The van der Waals surface area contributed by atoms with E-state index >= 15 is 0 Å². The molecule has 1 N–H and O–H groups in total. The van der Waals surface area contributed by atoms with Crippen molar-refractivity contribution in [3.05, 3.63) is 29.3 Å². The van der Waals surface area contributed by atoms with Crippen molar-refractivity contribution in [3.8, 4) is 0 Å². The van der Waals surface area contributed by atoms with Crippen molar-refractivity contribution in [3.63, 3.8) is 0 Å². The van der Waals surface area contributed by atoms with Crippen molar-refractivity contribution < 1.29 is 22.7 Å². The molecule has 1 rings (SSSR count). The summed E-state index contributed by atoms with van der Waals surface area (Å²) in [7, 11) is 4.48. The summed E-state index contributed by atoms with van der Waals surface area (Å²) in [4.78, 5) is 11.9. The van der Waals surface area contributed by atoms with Gasteiger partial charge in [-0.05, 0) is 30.2 Å². The Kier molecular flexibility index (Phi) is 7.10. The van der Waals surface area contributed by atoms with Crippen molar-refractivity contribution in [1.82, 2.24) is 5.32 Å². The van der Waals surface area contributed by atoms with Gasteiger partial charge in [0, 0.05) is 43.6 Å². The van der Waals surface area contributed by atoms with Crippen LogP contribution in [-0.4, -0.2) is 41.7 Å². The Hall–Kier alpha value is -1.15. The van der Waals surface area contributed by atoms with E-state index in [1.165, 1.54) is 19.2 Å². The number of nitrogens with one attached hydrogen (secondary N) is 1. The molecule has 0 radical (unpaired) electrons. The molecular weight excluding hydrogens is 318 g/mol. The molecule has 8 heteroatoms. The fourth-order valence-corrected chi connectivity index (χ4v) is 2.53. The van der Waals surface area contributed by atoms with Gasteiger partial charge in [0.05, 0.1) is 11.5 Å². The fourth-order valence-electron chi connectivity index (χ4n) is 1.70. The molecule has 0 fully saturated rings. The summed E-state index contributed by atoms with van der Waals surface area (Å²) in [5.41, 5.74) is 0.780. The van der Waals surface area contributed by atoms with Gasteiger partial charge in [-0.1, -0.05) is 0 Å². The molecule has 6 nitrogen and oxygen atoms in total. The average Bonchev–Trinajstić information content (AvgIpc) is 2.42. The molecule has 0 unspecified atom stereocenters. The first-order chi connectivity index (χ1) is 9.88. The van der Waals surface area contributed by atoms with Gasteiger partial charge in [0.1, 0.15) is 0 Å². The Morgan fingerprint density at radius 1 is 1.24 bits per heavy atom. The Labute approximate surface area is 128 Å². The minimum atomic E-state index is -3.91. The van der Waals surface area contributed by atoms with Gasteiger partial charge in [-0.25, -0.2) is 8.42 Å². The first kappa shape index (κ1) is 17.9. The number of methoxy groups -OCH3 is 2. The quantitative estimate of drug-likeness (QED) is 0.575. The summed E-state index contributed by atoms with van der Waals surface area (Å²) < 4.78 is 32.7. The van der Waals surface area contributed by atoms with Crippen LogP contribution in [-0.2, 0) is 25.1 Å². The molecule has 1 aromatic carbocycles. The van der Waals surface area contributed by atoms with Crippen LogP contribution in [0.25, 0.3) is 0 Å². The number of amides is 1. The van der Waals surface area contributed by atoms with Gasteiger partial charge < -0.3 is 14.8 Å². The van der Waals surface area contributed by atoms with Crippen LogP contribution in [0.3, 0.4) is 0 Å². The molecule has 0 aromatic heterocycles. The van der Waals surface area contributed by atoms with Gasteiger partial charge in [0.25, 0.3) is 15.0 Å². The van der Waals surface area contributed by atoms with Crippen molar-refractivity contribution in [2.45, 2.75) is 17.9 Å². The van der Waals surface area contributed by atoms with Crippen LogP contribution >= 0.6 is 10.7 Å². The van der Waals surface area contributed by atoms with E-state index in [1.54, 1.807) is 13.2 Å². The molecule has 0 atom stereocenters. The zero-order valence-electron chi connectivity index (χ0n) is 11.9. The van der Waals surface area contributed by atoms with Gasteiger partial charge in [-0.2, -0.15) is 0 Å². The van der Waals surface area contributed by atoms with Gasteiger partial charge in [0.15, 0.2) is 0 Å². The monoisotopic (exact) mass is 335 g/mol. The predicted molar refractivity (Wildman–Crippen MR) is 79.0 cm³/mol. The molecule has 0 aliphatic rings. The standard InChI is InChI=1S/C13H18ClNO5S/c1-19-5-3-4-15-13(16)11-6-10(9-20-2)7-12(8-11)21(14,17)18/h6-8H,3-5,9H2,1-2H3,(H,15,16). The van der Waals surface area contributed by atoms with Crippen molar-refractivity contribution in [2.75, 3.05) is 27.4 Å². The summed E-state index contributed by atoms with van der Waals surface area (Å²) in [6, 6.07) is 4.20. The molecular formula is C13H18ClNO5S. The molecule has 0 spiro atoms. The van der Waals surface area contributed by atoms with Gasteiger partial charge in [0.2, 0.25) is 0 Å². The van der Waals surface area contributed by atoms with Gasteiger partial charge in [-0.15, -0.1) is 0 Å². The highest BCUT2D eigenvalue weighted by Crippen LogP contribution is 2.19. The van der Waals surface area contributed by atoms with Crippen LogP contribution in [0.4, 0.5) is 0 Å². The number of benzene rings is 1. The molecule has 21 heavy (non-hydrogen) atoms. The lowest BCUT2D eigenvalue weighted by molar-refractivity contribution is 0.0948. The van der Waals surface area contributed by atoms with Crippen LogP contribution in [0.1, 0.15) is 22.3 Å². The SMILES string of the molecule is COCCCNC(=O)c1cc(COC)cc(S(=O)(=O)Cl)c1. The average molecular weight is 336 g/mol. The minimum Gasteiger partial charge on any atom is -0.385 e. The molecule has 0 bridgehead atoms. The zero-order chi connectivity index (χ0) is 15.9. The Morgan fingerprint density at radius 2 is 1.95 bits per heavy atom. The maximum atomic E-state index is 12.0. The number of ether oxygens (including phenoxy) is 2. The van der Waals surface area contributed by atoms with E-state index in [9.17, 15) is 13.2 Å². The number of carbonyl (C=O) groups excluding carboxylic acids is 1. The highest BCUT2D eigenvalue weighted by Gasteiger charge is 2.15. The third kappa shape index (κ3) is 6.01. The number of hydrogen-bond acceptors (Lipinski definition) is 5. The van der Waals surface area contributed by atoms with E-state index in [1.807, 2.05) is 0 Å². The Morgan fingerprint density at radius 3 is 2.52 bits per heavy atom. The molecule has 0 saturated carbocycles. The summed E-state index contributed by atoms with van der Waals surface area (Å²) in [5, 5.41) is 2.68. The molecule has 0 aliphatic carbocycles. The lowest BCUT2D eigenvalue weighted by atomic mass is 10.1. The van der Waals surface area contributed by atoms with Crippen LogP contribution in [0, 0.1) is 0 Å². The van der Waals surface area contributed by atoms with Crippen molar-refractivity contribution in [1.29, 1.82) is 0 Å². The highest BCUT2D eigenvalue weighted by molar-refractivity contribution is 8.13. The van der Waals surface area contributed by atoms with E-state index < -0.39 is 9.05 Å². The normalized spacial score (nSPS) is 11.4. The van der Waals surface area contributed by atoms with Crippen molar-refractivity contribution in [2.24, 2.45) is 0 Å². The number of carbonyl (C=O) groups is 1. The first-order valence-corrected chi connectivity index (χ1v) is 8.54. The van der Waals surface area contributed by atoms with Gasteiger partial charge in [-0.3, -0.25) is 4.79 Å². The fraction of sp³-hybridized carbons (Fsp3) is 0.462. The second-order valence-electron chi connectivity index (χ2n) is 4.34. The number of hydrogen-bond donors (Lipinski definition) is 1. The lowest BCUT2D eigenvalue weighted by Gasteiger charge is -2.09. The van der Waals surface area contributed by atoms with E-state index in [2.05, 4.69) is 5.32 Å². The maximum Gasteiger partial charge on any atom is 0.261 e. The van der Waals surface area contributed by atoms with E-state index in [0.29, 0.717) is 25.1 Å². The smallest absolute Gasteiger partial charge is 0.261 e. The largest absolute Gasteiger partial charge is 0.385 e. The first-order valence-electron chi connectivity index (χ1n) is 6.23. The third-order valence-electron chi connectivity index (χ3n) is 2.63. The summed E-state index contributed by atoms with van der Waals surface area (Å²) in [5.74, 6) is -0.370. The second-order valence-corrected chi connectivity index (χ2v) is 6.90. The summed E-state index contributed by atoms with van der Waals surface area (Å²) in [6.07, 6.45) is 0.667. The number of halogens is 1. The summed E-state index contributed by atoms with van der Waals surface area (Å²) in [6.45, 7) is 1.15. The molecule has 0 saturated heterocycles. The second kappa shape index (κ2) is 8.33. The van der Waals surface area contributed by atoms with Gasteiger partial charge >= 0.3 is 0 Å². The lowest BCUT2D eigenvalue weighted by Crippen LogP contribution is -2.25. The molecule has 1 amide bonds. The highest BCUT2D eigenvalue weighted by atomic mass is 35.7. The third-order valence-corrected chi connectivity index (χ3v) is 3.97.